The highest BCUT2D eigenvalue weighted by atomic mass is 14.9. The Balaban J connectivity index is 2.09. The van der Waals surface area contributed by atoms with Crippen molar-refractivity contribution in [3.63, 3.8) is 0 Å². The Labute approximate surface area is 97.3 Å². The molecule has 1 aromatic rings. The monoisotopic (exact) mass is 214 g/mol. The van der Waals surface area contributed by atoms with Gasteiger partial charge >= 0.3 is 0 Å². The Bertz CT molecular complexity index is 392. The average molecular weight is 214 g/mol. The molecule has 1 aliphatic carbocycles. The van der Waals surface area contributed by atoms with Crippen molar-refractivity contribution in [2.24, 2.45) is 5.92 Å². The van der Waals surface area contributed by atoms with Crippen LogP contribution in [0.2, 0.25) is 0 Å². The highest BCUT2D eigenvalue weighted by Crippen LogP contribution is 2.27. The number of para-hydroxylation sites is 1. The highest BCUT2D eigenvalue weighted by Gasteiger charge is 2.24. The maximum Gasteiger partial charge on any atom is 0.0677 e. The van der Waals surface area contributed by atoms with Crippen LogP contribution in [0.1, 0.15) is 31.2 Å². The molecule has 0 spiro atoms. The van der Waals surface area contributed by atoms with Crippen LogP contribution in [0.15, 0.2) is 24.3 Å². The van der Waals surface area contributed by atoms with Crippen LogP contribution in [0.5, 0.6) is 0 Å². The van der Waals surface area contributed by atoms with Gasteiger partial charge in [-0.2, -0.15) is 5.26 Å². The second kappa shape index (κ2) is 5.03. The predicted molar refractivity (Wildman–Crippen MR) is 66.2 cm³/mol. The topological polar surface area (TPSA) is 35.8 Å². The minimum absolute atomic E-state index is 0.174. The molecule has 0 amide bonds. The van der Waals surface area contributed by atoms with Crippen molar-refractivity contribution in [3.8, 4) is 6.07 Å². The van der Waals surface area contributed by atoms with Gasteiger partial charge < -0.3 is 5.32 Å². The summed E-state index contributed by atoms with van der Waals surface area (Å²) in [4.78, 5) is 0. The zero-order valence-electron chi connectivity index (χ0n) is 9.74. The average Bonchev–Trinajstić information content (AvgIpc) is 2.33. The predicted octanol–water partition coefficient (Wildman–Crippen LogP) is 3.49. The number of benzene rings is 1. The third-order valence-electron chi connectivity index (χ3n) is 3.42. The molecule has 2 rings (SSSR count). The van der Waals surface area contributed by atoms with E-state index in [0.717, 1.165) is 12.8 Å². The second-order valence-electron chi connectivity index (χ2n) is 4.59. The number of nitrogens with one attached hydrogen (secondary N) is 1. The first-order valence-corrected chi connectivity index (χ1v) is 6.03. The fraction of sp³-hybridized carbons (Fsp3) is 0.500. The lowest BCUT2D eigenvalue weighted by Gasteiger charge is -2.29. The SMILES string of the molecule is Cc1ccccc1NC1CCCCC1C#N. The van der Waals surface area contributed by atoms with Crippen LogP contribution in [-0.4, -0.2) is 6.04 Å². The number of hydrogen-bond donors (Lipinski definition) is 1. The summed E-state index contributed by atoms with van der Waals surface area (Å²) in [5, 5.41) is 12.6. The van der Waals surface area contributed by atoms with Crippen molar-refractivity contribution in [3.05, 3.63) is 29.8 Å². The van der Waals surface area contributed by atoms with E-state index in [2.05, 4.69) is 30.4 Å². The Morgan fingerprint density at radius 1 is 1.25 bits per heavy atom. The molecule has 2 unspecified atom stereocenters. The molecule has 0 bridgehead atoms. The summed E-state index contributed by atoms with van der Waals surface area (Å²) >= 11 is 0. The van der Waals surface area contributed by atoms with Gasteiger partial charge in [0.2, 0.25) is 0 Å². The summed E-state index contributed by atoms with van der Waals surface area (Å²) in [5.74, 6) is 0.174. The van der Waals surface area contributed by atoms with Crippen LogP contribution in [-0.2, 0) is 0 Å². The highest BCUT2D eigenvalue weighted by molar-refractivity contribution is 5.51. The Morgan fingerprint density at radius 2 is 2.00 bits per heavy atom. The Kier molecular flexibility index (Phi) is 3.46. The lowest BCUT2D eigenvalue weighted by Crippen LogP contribution is -2.31. The number of aryl methyl sites for hydroxylation is 1. The first-order valence-electron chi connectivity index (χ1n) is 6.03. The summed E-state index contributed by atoms with van der Waals surface area (Å²) in [6, 6.07) is 11.0. The van der Waals surface area contributed by atoms with E-state index < -0.39 is 0 Å². The van der Waals surface area contributed by atoms with Crippen molar-refractivity contribution >= 4 is 5.69 Å². The van der Waals surface area contributed by atoms with E-state index in [1.165, 1.54) is 24.1 Å². The molecule has 16 heavy (non-hydrogen) atoms. The second-order valence-corrected chi connectivity index (χ2v) is 4.59. The molecular weight excluding hydrogens is 196 g/mol. The first kappa shape index (κ1) is 11.0. The fourth-order valence-electron chi connectivity index (χ4n) is 2.39. The van der Waals surface area contributed by atoms with Crippen LogP contribution >= 0.6 is 0 Å². The molecule has 1 fully saturated rings. The van der Waals surface area contributed by atoms with Gasteiger partial charge in [0.1, 0.15) is 0 Å². The molecular formula is C14H18N2. The van der Waals surface area contributed by atoms with Crippen LogP contribution < -0.4 is 5.32 Å². The molecule has 84 valence electrons. The fourth-order valence-corrected chi connectivity index (χ4v) is 2.39. The number of nitriles is 1. The number of anilines is 1. The van der Waals surface area contributed by atoms with Crippen LogP contribution in [0.4, 0.5) is 5.69 Å². The van der Waals surface area contributed by atoms with Gasteiger partial charge in [0, 0.05) is 11.7 Å². The summed E-state index contributed by atoms with van der Waals surface area (Å²) in [7, 11) is 0. The number of rotatable bonds is 2. The van der Waals surface area contributed by atoms with Gasteiger partial charge in [0.25, 0.3) is 0 Å². The molecule has 1 aromatic carbocycles. The van der Waals surface area contributed by atoms with E-state index in [-0.39, 0.29) is 5.92 Å². The van der Waals surface area contributed by atoms with E-state index in [9.17, 15) is 0 Å². The maximum atomic E-state index is 9.12. The molecule has 0 heterocycles. The standard InChI is InChI=1S/C14H18N2/c1-11-6-2-4-8-13(11)16-14-9-5-3-7-12(14)10-15/h2,4,6,8,12,14,16H,3,5,7,9H2,1H3. The summed E-state index contributed by atoms with van der Waals surface area (Å²) in [6.07, 6.45) is 4.60. The van der Waals surface area contributed by atoms with Crippen molar-refractivity contribution < 1.29 is 0 Å². The van der Waals surface area contributed by atoms with Gasteiger partial charge in [-0.3, -0.25) is 0 Å². The lowest BCUT2D eigenvalue weighted by molar-refractivity contribution is 0.388. The molecule has 0 aliphatic heterocycles. The Hall–Kier alpha value is -1.49. The van der Waals surface area contributed by atoms with Crippen LogP contribution in [0, 0.1) is 24.2 Å². The first-order chi connectivity index (χ1) is 7.81. The normalized spacial score (nSPS) is 24.8. The third kappa shape index (κ3) is 2.36. The minimum Gasteiger partial charge on any atom is -0.381 e. The summed E-state index contributed by atoms with van der Waals surface area (Å²) in [5.41, 5.74) is 2.43. The molecule has 0 aromatic heterocycles. The smallest absolute Gasteiger partial charge is 0.0677 e. The van der Waals surface area contributed by atoms with Gasteiger partial charge in [-0.25, -0.2) is 0 Å². The minimum atomic E-state index is 0.174. The van der Waals surface area contributed by atoms with E-state index >= 15 is 0 Å². The van der Waals surface area contributed by atoms with E-state index in [1.54, 1.807) is 0 Å². The van der Waals surface area contributed by atoms with Gasteiger partial charge in [-0.05, 0) is 31.4 Å². The maximum absolute atomic E-state index is 9.12. The largest absolute Gasteiger partial charge is 0.381 e. The third-order valence-corrected chi connectivity index (χ3v) is 3.42. The zero-order valence-corrected chi connectivity index (χ0v) is 9.74. The molecule has 1 saturated carbocycles. The van der Waals surface area contributed by atoms with Crippen molar-refractivity contribution in [2.75, 3.05) is 5.32 Å². The molecule has 1 aliphatic rings. The zero-order chi connectivity index (χ0) is 11.4. The van der Waals surface area contributed by atoms with Crippen molar-refractivity contribution in [1.29, 1.82) is 5.26 Å². The molecule has 0 saturated heterocycles. The van der Waals surface area contributed by atoms with Crippen LogP contribution in [0.3, 0.4) is 0 Å². The van der Waals surface area contributed by atoms with Gasteiger partial charge in [0.05, 0.1) is 12.0 Å². The van der Waals surface area contributed by atoms with Gasteiger partial charge in [-0.15, -0.1) is 0 Å². The van der Waals surface area contributed by atoms with E-state index in [4.69, 9.17) is 5.26 Å². The van der Waals surface area contributed by atoms with Crippen LogP contribution in [0.25, 0.3) is 0 Å². The molecule has 1 N–H and O–H groups in total. The van der Waals surface area contributed by atoms with Gasteiger partial charge in [-0.1, -0.05) is 31.0 Å². The molecule has 2 atom stereocenters. The summed E-state index contributed by atoms with van der Waals surface area (Å²) in [6.45, 7) is 2.10. The van der Waals surface area contributed by atoms with Crippen molar-refractivity contribution in [2.45, 2.75) is 38.6 Å². The van der Waals surface area contributed by atoms with Gasteiger partial charge in [0.15, 0.2) is 0 Å². The summed E-state index contributed by atoms with van der Waals surface area (Å²) < 4.78 is 0. The van der Waals surface area contributed by atoms with E-state index in [1.807, 2.05) is 12.1 Å². The number of nitrogens with zero attached hydrogens (tertiary/aromatic N) is 1. The van der Waals surface area contributed by atoms with Crippen molar-refractivity contribution in [1.82, 2.24) is 0 Å². The molecule has 2 nitrogen and oxygen atoms in total. The Morgan fingerprint density at radius 3 is 2.75 bits per heavy atom. The lowest BCUT2D eigenvalue weighted by atomic mass is 9.85. The molecule has 2 heteroatoms. The quantitative estimate of drug-likeness (QED) is 0.818. The van der Waals surface area contributed by atoms with E-state index in [0.29, 0.717) is 6.04 Å². The molecule has 0 radical (unpaired) electrons. The number of hydrogen-bond acceptors (Lipinski definition) is 2.